The molecule has 232 valence electrons. The summed E-state index contributed by atoms with van der Waals surface area (Å²) in [6, 6.07) is 22.2. The summed E-state index contributed by atoms with van der Waals surface area (Å²) in [6.07, 6.45) is 1.93. The van der Waals surface area contributed by atoms with E-state index in [0.29, 0.717) is 50.9 Å². The number of benzene rings is 3. The first kappa shape index (κ1) is 31.2. The molecule has 44 heavy (non-hydrogen) atoms. The van der Waals surface area contributed by atoms with Gasteiger partial charge in [-0.25, -0.2) is 4.79 Å². The van der Waals surface area contributed by atoms with Crippen molar-refractivity contribution in [3.05, 3.63) is 101 Å². The van der Waals surface area contributed by atoms with Crippen LogP contribution in [0.4, 0.5) is 0 Å². The van der Waals surface area contributed by atoms with E-state index in [-0.39, 0.29) is 36.9 Å². The molecule has 2 N–H and O–H groups in total. The summed E-state index contributed by atoms with van der Waals surface area (Å²) in [5.74, 6) is -0.790. The lowest BCUT2D eigenvalue weighted by molar-refractivity contribution is -0.215. The number of phenols is 1. The van der Waals surface area contributed by atoms with E-state index >= 15 is 0 Å². The Morgan fingerprint density at radius 3 is 2.39 bits per heavy atom. The van der Waals surface area contributed by atoms with Crippen LogP contribution in [0.15, 0.2) is 72.8 Å². The standard InChI is InChI=1S/C35H40N2O7/c1-3-42-34(41)35(27-12-8-5-9-13-27,44-32(39)20-25-10-6-4-7-11-25)37-18-16-26(17-19-37)30-21-29-28(15-14-24(2)33(29)40)31(43-30)22-36-23-38/h4-15,23,26,30-31,40H,3,16-22H2,1-2H3,(H,36,38). The molecule has 1 saturated heterocycles. The number of amides is 1. The van der Waals surface area contributed by atoms with E-state index in [2.05, 4.69) is 5.32 Å². The van der Waals surface area contributed by atoms with E-state index in [1.807, 2.05) is 72.5 Å². The largest absolute Gasteiger partial charge is 0.507 e. The van der Waals surface area contributed by atoms with Crippen LogP contribution in [0.2, 0.25) is 0 Å². The number of nitrogens with zero attached hydrogens (tertiary/aromatic N) is 1. The van der Waals surface area contributed by atoms with Gasteiger partial charge in [0, 0.05) is 37.2 Å². The highest BCUT2D eigenvalue weighted by Crippen LogP contribution is 2.42. The van der Waals surface area contributed by atoms with Gasteiger partial charge in [-0.2, -0.15) is 0 Å². The molecule has 3 aromatic rings. The smallest absolute Gasteiger partial charge is 0.371 e. The zero-order chi connectivity index (χ0) is 31.1. The molecule has 2 aliphatic heterocycles. The topological polar surface area (TPSA) is 114 Å². The van der Waals surface area contributed by atoms with Crippen LogP contribution in [0, 0.1) is 12.8 Å². The van der Waals surface area contributed by atoms with Gasteiger partial charge in [0.15, 0.2) is 0 Å². The Balaban J connectivity index is 1.40. The monoisotopic (exact) mass is 600 g/mol. The van der Waals surface area contributed by atoms with E-state index in [4.69, 9.17) is 14.2 Å². The van der Waals surface area contributed by atoms with Crippen LogP contribution in [0.1, 0.15) is 53.7 Å². The van der Waals surface area contributed by atoms with Gasteiger partial charge in [-0.1, -0.05) is 72.8 Å². The van der Waals surface area contributed by atoms with Crippen LogP contribution in [0.3, 0.4) is 0 Å². The molecule has 1 fully saturated rings. The lowest BCUT2D eigenvalue weighted by Gasteiger charge is -2.46. The summed E-state index contributed by atoms with van der Waals surface area (Å²) in [6.45, 7) is 4.92. The Hall–Kier alpha value is -4.21. The first-order valence-corrected chi connectivity index (χ1v) is 15.2. The molecule has 9 heteroatoms. The predicted molar refractivity (Wildman–Crippen MR) is 164 cm³/mol. The normalized spacial score (nSPS) is 20.1. The van der Waals surface area contributed by atoms with Crippen LogP contribution in [0.25, 0.3) is 0 Å². The van der Waals surface area contributed by atoms with Crippen molar-refractivity contribution in [3.8, 4) is 5.75 Å². The van der Waals surface area contributed by atoms with Crippen molar-refractivity contribution in [3.63, 3.8) is 0 Å². The molecular weight excluding hydrogens is 560 g/mol. The number of hydrogen-bond acceptors (Lipinski definition) is 8. The number of fused-ring (bicyclic) bond motifs is 1. The molecule has 0 bridgehead atoms. The molecule has 5 rings (SSSR count). The molecule has 3 unspecified atom stereocenters. The second-order valence-corrected chi connectivity index (χ2v) is 11.4. The number of likely N-dealkylation sites (tertiary alicyclic amines) is 1. The van der Waals surface area contributed by atoms with Crippen molar-refractivity contribution in [1.29, 1.82) is 0 Å². The first-order chi connectivity index (χ1) is 21.4. The summed E-state index contributed by atoms with van der Waals surface area (Å²) < 4.78 is 18.3. The molecule has 3 atom stereocenters. The summed E-state index contributed by atoms with van der Waals surface area (Å²) in [7, 11) is 0. The number of aromatic hydroxyl groups is 1. The van der Waals surface area contributed by atoms with Gasteiger partial charge in [0.1, 0.15) is 11.9 Å². The van der Waals surface area contributed by atoms with Crippen LogP contribution in [-0.4, -0.2) is 60.7 Å². The van der Waals surface area contributed by atoms with Gasteiger partial charge in [0.2, 0.25) is 6.41 Å². The van der Waals surface area contributed by atoms with Gasteiger partial charge in [0.05, 0.1) is 19.1 Å². The summed E-state index contributed by atoms with van der Waals surface area (Å²) in [5.41, 5.74) is 2.09. The molecule has 3 aromatic carbocycles. The average molecular weight is 601 g/mol. The van der Waals surface area contributed by atoms with Gasteiger partial charge in [-0.05, 0) is 49.3 Å². The maximum absolute atomic E-state index is 13.9. The second-order valence-electron chi connectivity index (χ2n) is 11.4. The lowest BCUT2D eigenvalue weighted by Crippen LogP contribution is -2.58. The molecule has 2 heterocycles. The van der Waals surface area contributed by atoms with E-state index in [1.54, 1.807) is 19.1 Å². The van der Waals surface area contributed by atoms with Crippen molar-refractivity contribution < 1.29 is 33.7 Å². The minimum absolute atomic E-state index is 0.0136. The number of piperidine rings is 1. The third-order valence-corrected chi connectivity index (χ3v) is 8.68. The molecule has 0 spiro atoms. The fourth-order valence-corrected chi connectivity index (χ4v) is 6.45. The van der Waals surface area contributed by atoms with Gasteiger partial charge >= 0.3 is 11.9 Å². The number of nitrogens with one attached hydrogen (secondary N) is 1. The molecule has 2 aliphatic rings. The first-order valence-electron chi connectivity index (χ1n) is 15.2. The van der Waals surface area contributed by atoms with Crippen LogP contribution in [-0.2, 0) is 47.2 Å². The number of ether oxygens (including phenoxy) is 3. The number of esters is 2. The zero-order valence-electron chi connectivity index (χ0n) is 25.2. The Kier molecular flexibility index (Phi) is 9.97. The van der Waals surface area contributed by atoms with Gasteiger partial charge in [-0.15, -0.1) is 0 Å². The van der Waals surface area contributed by atoms with Crippen LogP contribution >= 0.6 is 0 Å². The van der Waals surface area contributed by atoms with E-state index in [9.17, 15) is 19.5 Å². The number of rotatable bonds is 11. The highest BCUT2D eigenvalue weighted by molar-refractivity contribution is 5.85. The van der Waals surface area contributed by atoms with Crippen LogP contribution in [0.5, 0.6) is 5.75 Å². The molecule has 0 aliphatic carbocycles. The van der Waals surface area contributed by atoms with Crippen molar-refractivity contribution in [2.24, 2.45) is 5.92 Å². The number of hydrogen-bond donors (Lipinski definition) is 2. The fraction of sp³-hybridized carbons (Fsp3) is 0.400. The molecule has 0 aromatic heterocycles. The third kappa shape index (κ3) is 6.49. The Morgan fingerprint density at radius 2 is 1.73 bits per heavy atom. The van der Waals surface area contributed by atoms with Crippen molar-refractivity contribution in [1.82, 2.24) is 10.2 Å². The highest BCUT2D eigenvalue weighted by Gasteiger charge is 2.52. The summed E-state index contributed by atoms with van der Waals surface area (Å²) in [4.78, 5) is 40.3. The number of carbonyl (C=O) groups excluding carboxylic acids is 3. The third-order valence-electron chi connectivity index (χ3n) is 8.68. The maximum atomic E-state index is 13.9. The maximum Gasteiger partial charge on any atom is 0.371 e. The molecular formula is C35H40N2O7. The Morgan fingerprint density at radius 1 is 1.05 bits per heavy atom. The van der Waals surface area contributed by atoms with Crippen LogP contribution < -0.4 is 5.32 Å². The predicted octanol–water partition coefficient (Wildman–Crippen LogP) is 4.34. The number of phenolic OH excluding ortho intramolecular Hbond substituents is 1. The molecule has 1 amide bonds. The second kappa shape index (κ2) is 14.1. The fourth-order valence-electron chi connectivity index (χ4n) is 6.45. The van der Waals surface area contributed by atoms with Gasteiger partial charge in [-0.3, -0.25) is 14.5 Å². The molecule has 9 nitrogen and oxygen atoms in total. The van der Waals surface area contributed by atoms with Crippen molar-refractivity contribution >= 4 is 18.3 Å². The molecule has 0 saturated carbocycles. The Labute approximate surface area is 258 Å². The van der Waals surface area contributed by atoms with E-state index in [0.717, 1.165) is 22.3 Å². The number of carbonyl (C=O) groups is 3. The van der Waals surface area contributed by atoms with Gasteiger partial charge < -0.3 is 24.6 Å². The quantitative estimate of drug-likeness (QED) is 0.247. The molecule has 0 radical (unpaired) electrons. The van der Waals surface area contributed by atoms with E-state index in [1.165, 1.54) is 0 Å². The van der Waals surface area contributed by atoms with Crippen molar-refractivity contribution in [2.45, 2.75) is 57.5 Å². The summed E-state index contributed by atoms with van der Waals surface area (Å²) in [5, 5.41) is 13.7. The SMILES string of the molecule is CCOC(=O)C(OC(=O)Cc1ccccc1)(c1ccccc1)N1CCC(C2Cc3c(ccc(C)c3O)C(CNC=O)O2)CC1. The number of aryl methyl sites for hydroxylation is 1. The lowest BCUT2D eigenvalue weighted by atomic mass is 9.82. The zero-order valence-corrected chi connectivity index (χ0v) is 25.2. The highest BCUT2D eigenvalue weighted by atomic mass is 16.6. The average Bonchev–Trinajstić information content (AvgIpc) is 3.05. The van der Waals surface area contributed by atoms with E-state index < -0.39 is 17.7 Å². The summed E-state index contributed by atoms with van der Waals surface area (Å²) >= 11 is 0. The Bertz CT molecular complexity index is 1440. The van der Waals surface area contributed by atoms with Gasteiger partial charge in [0.25, 0.3) is 5.72 Å². The minimum Gasteiger partial charge on any atom is -0.507 e. The van der Waals surface area contributed by atoms with Crippen molar-refractivity contribution in [2.75, 3.05) is 26.2 Å². The minimum atomic E-state index is -1.75.